The lowest BCUT2D eigenvalue weighted by Gasteiger charge is -2.23. The van der Waals surface area contributed by atoms with Gasteiger partial charge in [-0.1, -0.05) is 13.0 Å². The number of nitrogens with zero attached hydrogens (tertiary/aromatic N) is 4. The van der Waals surface area contributed by atoms with E-state index >= 15 is 0 Å². The molecular weight excluding hydrogens is 439 g/mol. The van der Waals surface area contributed by atoms with Crippen molar-refractivity contribution in [1.29, 1.82) is 0 Å². The van der Waals surface area contributed by atoms with Gasteiger partial charge < -0.3 is 20.1 Å². The van der Waals surface area contributed by atoms with Crippen molar-refractivity contribution >= 4 is 18.1 Å². The molecule has 1 aromatic carbocycles. The molecule has 1 aliphatic heterocycles. The van der Waals surface area contributed by atoms with E-state index in [9.17, 15) is 9.18 Å². The van der Waals surface area contributed by atoms with E-state index in [0.29, 0.717) is 23.6 Å². The number of benzene rings is 1. The van der Waals surface area contributed by atoms with Crippen LogP contribution in [0.5, 0.6) is 5.75 Å². The maximum atomic E-state index is 14.5. The van der Waals surface area contributed by atoms with Crippen LogP contribution in [0.4, 0.5) is 15.0 Å². The highest BCUT2D eigenvalue weighted by Crippen LogP contribution is 2.32. The summed E-state index contributed by atoms with van der Waals surface area (Å²) in [7, 11) is 3.49. The smallest absolute Gasteiger partial charge is 0.407 e. The first-order chi connectivity index (χ1) is 16.1. The normalized spacial score (nSPS) is 16.3. The van der Waals surface area contributed by atoms with Gasteiger partial charge in [-0.2, -0.15) is 5.10 Å². The van der Waals surface area contributed by atoms with Crippen molar-refractivity contribution in [3.63, 3.8) is 0 Å². The number of amides is 1. The monoisotopic (exact) mass is 472 g/mol. The molecule has 2 aromatic rings. The van der Waals surface area contributed by atoms with Crippen molar-refractivity contribution in [1.82, 2.24) is 20.3 Å². The molecule has 10 heteroatoms. The first-order valence-corrected chi connectivity index (χ1v) is 11.3. The molecule has 1 unspecified atom stereocenters. The van der Waals surface area contributed by atoms with Gasteiger partial charge in [0.2, 0.25) is 0 Å². The molecular formula is C24H33FN6O3. The molecule has 0 saturated carbocycles. The number of alkyl carbamates (subject to hydrolysis) is 1. The van der Waals surface area contributed by atoms with Crippen LogP contribution >= 0.6 is 0 Å². The van der Waals surface area contributed by atoms with Crippen LogP contribution in [0.25, 0.3) is 11.4 Å². The molecule has 0 spiro atoms. The largest absolute Gasteiger partial charge is 0.496 e. The molecule has 1 aliphatic rings. The lowest BCUT2D eigenvalue weighted by molar-refractivity contribution is 0.0506. The first-order valence-electron chi connectivity index (χ1n) is 11.3. The third kappa shape index (κ3) is 6.55. The Kier molecular flexibility index (Phi) is 7.90. The minimum absolute atomic E-state index is 0.0454. The number of hydrazone groups is 1. The molecule has 0 bridgehead atoms. The number of likely N-dealkylation sites (N-methyl/N-ethyl adjacent to an activating group) is 1. The average Bonchev–Trinajstić information content (AvgIpc) is 3.22. The molecule has 34 heavy (non-hydrogen) atoms. The number of rotatable bonds is 8. The number of methoxy groups -OCH3 is 1. The highest BCUT2D eigenvalue weighted by atomic mass is 19.1. The Morgan fingerprint density at radius 1 is 1.35 bits per heavy atom. The van der Waals surface area contributed by atoms with E-state index in [1.807, 2.05) is 43.4 Å². The number of ether oxygens (including phenoxy) is 2. The summed E-state index contributed by atoms with van der Waals surface area (Å²) >= 11 is 0. The van der Waals surface area contributed by atoms with Gasteiger partial charge in [-0.15, -0.1) is 0 Å². The second-order valence-corrected chi connectivity index (χ2v) is 9.19. The molecule has 0 saturated heterocycles. The third-order valence-electron chi connectivity index (χ3n) is 5.27. The van der Waals surface area contributed by atoms with Crippen molar-refractivity contribution in [3.05, 3.63) is 35.8 Å². The fourth-order valence-corrected chi connectivity index (χ4v) is 3.51. The van der Waals surface area contributed by atoms with E-state index < -0.39 is 17.5 Å². The van der Waals surface area contributed by atoms with Crippen LogP contribution in [0.15, 0.2) is 29.5 Å². The highest BCUT2D eigenvalue weighted by molar-refractivity contribution is 5.73. The van der Waals surface area contributed by atoms with Crippen molar-refractivity contribution in [2.45, 2.75) is 51.7 Å². The Bertz CT molecular complexity index is 1040. The highest BCUT2D eigenvalue weighted by Gasteiger charge is 2.21. The Hall–Kier alpha value is -3.43. The summed E-state index contributed by atoms with van der Waals surface area (Å²) in [6.07, 6.45) is 3.13. The van der Waals surface area contributed by atoms with Crippen molar-refractivity contribution in [2.75, 3.05) is 32.6 Å². The molecule has 1 aromatic heterocycles. The van der Waals surface area contributed by atoms with E-state index in [4.69, 9.17) is 9.47 Å². The second-order valence-electron chi connectivity index (χ2n) is 9.19. The van der Waals surface area contributed by atoms with Gasteiger partial charge in [0.05, 0.1) is 18.9 Å². The molecule has 2 N–H and O–H groups in total. The molecule has 0 radical (unpaired) electrons. The van der Waals surface area contributed by atoms with Gasteiger partial charge in [-0.05, 0) is 44.9 Å². The van der Waals surface area contributed by atoms with Crippen molar-refractivity contribution < 1.29 is 18.7 Å². The Morgan fingerprint density at radius 3 is 2.74 bits per heavy atom. The van der Waals surface area contributed by atoms with E-state index in [0.717, 1.165) is 18.3 Å². The molecule has 0 aliphatic carbocycles. The topological polar surface area (TPSA) is 101 Å². The minimum Gasteiger partial charge on any atom is -0.496 e. The summed E-state index contributed by atoms with van der Waals surface area (Å²) in [6.45, 7) is 8.35. The molecule has 2 heterocycles. The number of aromatic nitrogens is 2. The van der Waals surface area contributed by atoms with Crippen LogP contribution in [-0.4, -0.2) is 66.2 Å². The lowest BCUT2D eigenvalue weighted by atomic mass is 9.98. The van der Waals surface area contributed by atoms with Crippen LogP contribution in [-0.2, 0) is 4.74 Å². The fraction of sp³-hybridized carbons (Fsp3) is 0.500. The fourth-order valence-electron chi connectivity index (χ4n) is 3.51. The SMILES string of the molecule is CC[C@H](CNc1nc(-c2cc(C3C=NN(C)C3)ccc2OC)ncc1F)NC(=O)OC(C)(C)C. The van der Waals surface area contributed by atoms with Crippen LogP contribution in [0.2, 0.25) is 0 Å². The van der Waals surface area contributed by atoms with Gasteiger partial charge in [0, 0.05) is 38.3 Å². The lowest BCUT2D eigenvalue weighted by Crippen LogP contribution is -2.42. The number of nitrogens with one attached hydrogen (secondary N) is 2. The molecule has 2 atom stereocenters. The summed E-state index contributed by atoms with van der Waals surface area (Å²) in [5, 5.41) is 12.0. The van der Waals surface area contributed by atoms with Gasteiger partial charge in [-0.25, -0.2) is 19.2 Å². The standard InChI is InChI=1S/C24H33FN6O3/c1-7-17(29-23(32)34-24(2,3)4)12-26-22-19(25)13-27-21(30-22)18-10-15(8-9-20(18)33-6)16-11-28-31(5)14-16/h8-11,13,16-17H,7,12,14H2,1-6H3,(H,29,32)(H,26,27,30)/t16?,17-/m1/s1. The maximum absolute atomic E-state index is 14.5. The minimum atomic E-state index is -0.600. The summed E-state index contributed by atoms with van der Waals surface area (Å²) in [4.78, 5) is 20.7. The van der Waals surface area contributed by atoms with E-state index in [1.165, 1.54) is 0 Å². The second kappa shape index (κ2) is 10.7. The van der Waals surface area contributed by atoms with Crippen molar-refractivity contribution in [3.8, 4) is 17.1 Å². The van der Waals surface area contributed by atoms with Crippen LogP contribution in [0.3, 0.4) is 0 Å². The van der Waals surface area contributed by atoms with Crippen LogP contribution in [0.1, 0.15) is 45.6 Å². The predicted octanol–water partition coefficient (Wildman–Crippen LogP) is 4.02. The van der Waals surface area contributed by atoms with Gasteiger partial charge >= 0.3 is 6.09 Å². The van der Waals surface area contributed by atoms with Crippen molar-refractivity contribution in [2.24, 2.45) is 5.10 Å². The van der Waals surface area contributed by atoms with Gasteiger partial charge in [0.15, 0.2) is 17.5 Å². The molecule has 3 rings (SSSR count). The van der Waals surface area contributed by atoms with E-state index in [2.05, 4.69) is 25.7 Å². The molecule has 0 fully saturated rings. The average molecular weight is 473 g/mol. The summed E-state index contributed by atoms with van der Waals surface area (Å²) < 4.78 is 25.3. The van der Waals surface area contributed by atoms with Gasteiger partial charge in [0.25, 0.3) is 0 Å². The zero-order valence-electron chi connectivity index (χ0n) is 20.6. The zero-order chi connectivity index (χ0) is 24.9. The predicted molar refractivity (Wildman–Crippen MR) is 130 cm³/mol. The van der Waals surface area contributed by atoms with Crippen LogP contribution in [0, 0.1) is 5.82 Å². The summed E-state index contributed by atoms with van der Waals surface area (Å²) in [6, 6.07) is 5.51. The van der Waals surface area contributed by atoms with Gasteiger partial charge in [-0.3, -0.25) is 5.01 Å². The van der Waals surface area contributed by atoms with Gasteiger partial charge in [0.1, 0.15) is 11.4 Å². The molecule has 184 valence electrons. The number of halogens is 1. The zero-order valence-corrected chi connectivity index (χ0v) is 20.6. The number of hydrogen-bond donors (Lipinski definition) is 2. The number of hydrogen-bond acceptors (Lipinski definition) is 8. The number of carbonyl (C=O) groups excluding carboxylic acids is 1. The van der Waals surface area contributed by atoms with E-state index in [1.54, 1.807) is 27.9 Å². The van der Waals surface area contributed by atoms with Crippen LogP contribution < -0.4 is 15.4 Å². The quantitative estimate of drug-likeness (QED) is 0.598. The number of anilines is 1. The molecule has 9 nitrogen and oxygen atoms in total. The summed E-state index contributed by atoms with van der Waals surface area (Å²) in [5.41, 5.74) is 1.10. The number of carbonyl (C=O) groups is 1. The Labute approximate surface area is 199 Å². The Balaban J connectivity index is 1.78. The first kappa shape index (κ1) is 25.2. The molecule has 1 amide bonds. The maximum Gasteiger partial charge on any atom is 0.407 e. The van der Waals surface area contributed by atoms with E-state index in [-0.39, 0.29) is 24.3 Å². The third-order valence-corrected chi connectivity index (χ3v) is 5.27. The summed E-state index contributed by atoms with van der Waals surface area (Å²) in [5.74, 6) is 0.512. The Morgan fingerprint density at radius 2 is 2.12 bits per heavy atom.